The molecule has 1 aromatic heterocycles. The Hall–Kier alpha value is -0.490. The van der Waals surface area contributed by atoms with Crippen LogP contribution in [0.4, 0.5) is 0 Å². The van der Waals surface area contributed by atoms with Crippen molar-refractivity contribution in [2.45, 2.75) is 13.0 Å². The number of ether oxygens (including phenoxy) is 1. The number of pyridine rings is 1. The van der Waals surface area contributed by atoms with Gasteiger partial charge in [-0.05, 0) is 40.5 Å². The molecule has 0 aromatic carbocycles. The number of aliphatic hydroxyl groups excluding tert-OH is 1. The Kier molecular flexibility index (Phi) is 7.33. The second-order valence-corrected chi connectivity index (χ2v) is 4.29. The maximum absolute atomic E-state index is 8.49. The van der Waals surface area contributed by atoms with Crippen LogP contribution in [0.5, 0.6) is 0 Å². The van der Waals surface area contributed by atoms with E-state index in [0.29, 0.717) is 13.2 Å². The van der Waals surface area contributed by atoms with Crippen LogP contribution in [-0.4, -0.2) is 36.5 Å². The van der Waals surface area contributed by atoms with Gasteiger partial charge >= 0.3 is 0 Å². The number of hydrogen-bond acceptors (Lipinski definition) is 4. The third-order valence-corrected chi connectivity index (χ3v) is 2.40. The van der Waals surface area contributed by atoms with Gasteiger partial charge in [0.05, 0.1) is 13.2 Å². The van der Waals surface area contributed by atoms with E-state index in [9.17, 15) is 0 Å². The van der Waals surface area contributed by atoms with Crippen LogP contribution >= 0.6 is 15.9 Å². The molecule has 0 fully saturated rings. The van der Waals surface area contributed by atoms with Crippen LogP contribution in [0.2, 0.25) is 0 Å². The highest BCUT2D eigenvalue weighted by atomic mass is 79.9. The predicted octanol–water partition coefficient (Wildman–Crippen LogP) is 1.33. The van der Waals surface area contributed by atoms with Crippen molar-refractivity contribution in [2.24, 2.45) is 0 Å². The SMILES string of the molecule is OCCOCCCNCc1cncc(Br)c1. The second-order valence-electron chi connectivity index (χ2n) is 3.38. The lowest BCUT2D eigenvalue weighted by molar-refractivity contribution is 0.0907. The molecule has 0 bridgehead atoms. The fourth-order valence-electron chi connectivity index (χ4n) is 1.25. The van der Waals surface area contributed by atoms with Crippen molar-refractivity contribution in [3.05, 3.63) is 28.5 Å². The van der Waals surface area contributed by atoms with E-state index in [-0.39, 0.29) is 6.61 Å². The van der Waals surface area contributed by atoms with Gasteiger partial charge in [0, 0.05) is 30.0 Å². The third-order valence-electron chi connectivity index (χ3n) is 1.97. The maximum Gasteiger partial charge on any atom is 0.0697 e. The Morgan fingerprint density at radius 1 is 1.38 bits per heavy atom. The molecule has 0 aliphatic heterocycles. The largest absolute Gasteiger partial charge is 0.394 e. The lowest BCUT2D eigenvalue weighted by Crippen LogP contribution is -2.16. The number of hydrogen-bond donors (Lipinski definition) is 2. The molecule has 0 spiro atoms. The molecular formula is C11H17BrN2O2. The van der Waals surface area contributed by atoms with Gasteiger partial charge in [0.15, 0.2) is 0 Å². The Morgan fingerprint density at radius 2 is 2.25 bits per heavy atom. The molecule has 1 aromatic rings. The Bertz CT molecular complexity index is 297. The molecule has 0 aliphatic rings. The van der Waals surface area contributed by atoms with Gasteiger partial charge in [0.2, 0.25) is 0 Å². The maximum atomic E-state index is 8.49. The summed E-state index contributed by atoms with van der Waals surface area (Å²) < 4.78 is 6.14. The minimum Gasteiger partial charge on any atom is -0.394 e. The van der Waals surface area contributed by atoms with Crippen LogP contribution in [0.15, 0.2) is 22.9 Å². The van der Waals surface area contributed by atoms with E-state index < -0.39 is 0 Å². The van der Waals surface area contributed by atoms with Crippen LogP contribution in [0.1, 0.15) is 12.0 Å². The molecular weight excluding hydrogens is 272 g/mol. The average molecular weight is 289 g/mol. The first-order valence-corrected chi connectivity index (χ1v) is 6.11. The minimum atomic E-state index is 0.0944. The number of nitrogens with zero attached hydrogens (tertiary/aromatic N) is 1. The summed E-state index contributed by atoms with van der Waals surface area (Å²) in [6.07, 6.45) is 4.56. The Morgan fingerprint density at radius 3 is 3.00 bits per heavy atom. The summed E-state index contributed by atoms with van der Waals surface area (Å²) in [6.45, 7) is 2.92. The van der Waals surface area contributed by atoms with Crippen molar-refractivity contribution in [3.63, 3.8) is 0 Å². The van der Waals surface area contributed by atoms with Crippen molar-refractivity contribution in [1.82, 2.24) is 10.3 Å². The van der Waals surface area contributed by atoms with E-state index in [1.807, 2.05) is 12.3 Å². The first-order chi connectivity index (χ1) is 7.83. The number of rotatable bonds is 8. The van der Waals surface area contributed by atoms with E-state index in [2.05, 4.69) is 26.2 Å². The molecule has 0 atom stereocenters. The van der Waals surface area contributed by atoms with E-state index in [1.165, 1.54) is 0 Å². The summed E-state index contributed by atoms with van der Waals surface area (Å²) in [5.74, 6) is 0. The Balaban J connectivity index is 2.03. The van der Waals surface area contributed by atoms with Gasteiger partial charge < -0.3 is 15.2 Å². The zero-order valence-corrected chi connectivity index (χ0v) is 10.7. The first kappa shape index (κ1) is 13.6. The number of halogens is 1. The highest BCUT2D eigenvalue weighted by Gasteiger charge is 1.94. The normalized spacial score (nSPS) is 10.6. The summed E-state index contributed by atoms with van der Waals surface area (Å²) in [5, 5.41) is 11.8. The van der Waals surface area contributed by atoms with Gasteiger partial charge in [-0.3, -0.25) is 4.98 Å². The molecule has 0 amide bonds. The van der Waals surface area contributed by atoms with E-state index >= 15 is 0 Å². The van der Waals surface area contributed by atoms with Crippen molar-refractivity contribution in [3.8, 4) is 0 Å². The standard InChI is InChI=1S/C11H17BrN2O2/c12-11-6-10(8-14-9-11)7-13-2-1-4-16-5-3-15/h6,8-9,13,15H,1-5,7H2. The number of aliphatic hydroxyl groups is 1. The van der Waals surface area contributed by atoms with Crippen LogP contribution in [0.25, 0.3) is 0 Å². The molecule has 4 nitrogen and oxygen atoms in total. The van der Waals surface area contributed by atoms with Crippen molar-refractivity contribution in [1.29, 1.82) is 0 Å². The Labute approximate surface area is 104 Å². The quantitative estimate of drug-likeness (QED) is 0.709. The molecule has 0 radical (unpaired) electrons. The molecule has 0 saturated carbocycles. The summed E-state index contributed by atoms with van der Waals surface area (Å²) in [5.41, 5.74) is 1.16. The number of nitrogens with one attached hydrogen (secondary N) is 1. The highest BCUT2D eigenvalue weighted by molar-refractivity contribution is 9.10. The van der Waals surface area contributed by atoms with Gasteiger partial charge in [-0.2, -0.15) is 0 Å². The highest BCUT2D eigenvalue weighted by Crippen LogP contribution is 2.08. The lowest BCUT2D eigenvalue weighted by atomic mass is 10.3. The molecule has 1 rings (SSSR count). The van der Waals surface area contributed by atoms with E-state index in [4.69, 9.17) is 9.84 Å². The van der Waals surface area contributed by atoms with Gasteiger partial charge in [-0.25, -0.2) is 0 Å². The lowest BCUT2D eigenvalue weighted by Gasteiger charge is -2.05. The van der Waals surface area contributed by atoms with Crippen LogP contribution in [0, 0.1) is 0 Å². The second kappa shape index (κ2) is 8.64. The topological polar surface area (TPSA) is 54.4 Å². The fourth-order valence-corrected chi connectivity index (χ4v) is 1.66. The van der Waals surface area contributed by atoms with E-state index in [0.717, 1.165) is 29.5 Å². The molecule has 0 unspecified atom stereocenters. The first-order valence-electron chi connectivity index (χ1n) is 5.31. The molecule has 0 saturated heterocycles. The van der Waals surface area contributed by atoms with Gasteiger partial charge in [0.25, 0.3) is 0 Å². The van der Waals surface area contributed by atoms with Crippen LogP contribution in [-0.2, 0) is 11.3 Å². The van der Waals surface area contributed by atoms with E-state index in [1.54, 1.807) is 6.20 Å². The molecule has 2 N–H and O–H groups in total. The monoisotopic (exact) mass is 288 g/mol. The van der Waals surface area contributed by atoms with Crippen LogP contribution < -0.4 is 5.32 Å². The zero-order valence-electron chi connectivity index (χ0n) is 9.16. The summed E-state index contributed by atoms with van der Waals surface area (Å²) in [4.78, 5) is 4.08. The number of aromatic nitrogens is 1. The summed E-state index contributed by atoms with van der Waals surface area (Å²) >= 11 is 3.38. The van der Waals surface area contributed by atoms with Gasteiger partial charge in [-0.1, -0.05) is 0 Å². The van der Waals surface area contributed by atoms with Crippen molar-refractivity contribution in [2.75, 3.05) is 26.4 Å². The minimum absolute atomic E-state index is 0.0944. The van der Waals surface area contributed by atoms with Crippen molar-refractivity contribution < 1.29 is 9.84 Å². The molecule has 5 heteroatoms. The molecule has 16 heavy (non-hydrogen) atoms. The van der Waals surface area contributed by atoms with Crippen LogP contribution in [0.3, 0.4) is 0 Å². The third kappa shape index (κ3) is 6.17. The summed E-state index contributed by atoms with van der Waals surface area (Å²) in [7, 11) is 0. The summed E-state index contributed by atoms with van der Waals surface area (Å²) in [6, 6.07) is 2.04. The molecule has 1 heterocycles. The molecule has 0 aliphatic carbocycles. The molecule has 90 valence electrons. The average Bonchev–Trinajstić information content (AvgIpc) is 2.28. The predicted molar refractivity (Wildman–Crippen MR) is 66.2 cm³/mol. The van der Waals surface area contributed by atoms with Crippen molar-refractivity contribution >= 4 is 15.9 Å². The smallest absolute Gasteiger partial charge is 0.0697 e. The van der Waals surface area contributed by atoms with Gasteiger partial charge in [-0.15, -0.1) is 0 Å². The zero-order chi connectivity index (χ0) is 11.6. The fraction of sp³-hybridized carbons (Fsp3) is 0.545. The van der Waals surface area contributed by atoms with Gasteiger partial charge in [0.1, 0.15) is 0 Å².